The van der Waals surface area contributed by atoms with Crippen molar-refractivity contribution in [2.75, 3.05) is 25.3 Å². The lowest BCUT2D eigenvalue weighted by molar-refractivity contribution is -0.113. The molecular formula is C24H25ClN4O6S. The second kappa shape index (κ2) is 11.9. The third-order valence-corrected chi connectivity index (χ3v) is 6.51. The van der Waals surface area contributed by atoms with E-state index in [0.29, 0.717) is 21.8 Å². The predicted octanol–water partition coefficient (Wildman–Crippen LogP) is 4.22. The van der Waals surface area contributed by atoms with E-state index in [9.17, 15) is 14.4 Å². The molecule has 3 aromatic rings. The topological polar surface area (TPSA) is 122 Å². The fourth-order valence-electron chi connectivity index (χ4n) is 3.25. The number of rotatable bonds is 9. The van der Waals surface area contributed by atoms with E-state index in [1.54, 1.807) is 23.7 Å². The van der Waals surface area contributed by atoms with Crippen molar-refractivity contribution in [2.45, 2.75) is 25.1 Å². The molecule has 0 spiro atoms. The number of esters is 2. The first-order valence-electron chi connectivity index (χ1n) is 10.7. The highest BCUT2D eigenvalue weighted by atomic mass is 35.5. The number of benzene rings is 2. The molecule has 0 aliphatic carbocycles. The van der Waals surface area contributed by atoms with Gasteiger partial charge in [0.05, 0.1) is 31.1 Å². The number of hydrogen-bond donors (Lipinski definition) is 1. The van der Waals surface area contributed by atoms with E-state index in [0.717, 1.165) is 5.56 Å². The number of amides is 1. The summed E-state index contributed by atoms with van der Waals surface area (Å²) < 4.78 is 17.1. The standard InChI is InChI=1S/C24H25ClN4O6S/c1-13-8-18(6-7-19(13)25)35-14(2)21-27-28-24(29(21)3)36-12-20(30)26-17-10-15(22(31)33-4)9-16(11-17)23(32)34-5/h6-11,14H,12H2,1-5H3,(H,26,30). The Morgan fingerprint density at radius 3 is 2.28 bits per heavy atom. The van der Waals surface area contributed by atoms with Crippen molar-refractivity contribution >= 4 is 46.9 Å². The van der Waals surface area contributed by atoms with Crippen LogP contribution < -0.4 is 10.1 Å². The molecule has 0 aliphatic heterocycles. The van der Waals surface area contributed by atoms with Gasteiger partial charge >= 0.3 is 11.9 Å². The number of thioether (sulfide) groups is 1. The zero-order chi connectivity index (χ0) is 26.4. The van der Waals surface area contributed by atoms with Gasteiger partial charge in [-0.1, -0.05) is 23.4 Å². The number of carbonyl (C=O) groups is 3. The summed E-state index contributed by atoms with van der Waals surface area (Å²) in [5.41, 5.74) is 1.36. The maximum atomic E-state index is 12.6. The van der Waals surface area contributed by atoms with Gasteiger partial charge in [0.15, 0.2) is 17.1 Å². The molecular weight excluding hydrogens is 508 g/mol. The van der Waals surface area contributed by atoms with Gasteiger partial charge in [-0.2, -0.15) is 0 Å². The van der Waals surface area contributed by atoms with Crippen LogP contribution in [-0.4, -0.2) is 52.6 Å². The van der Waals surface area contributed by atoms with Gasteiger partial charge in [0, 0.05) is 17.8 Å². The molecule has 2 aromatic carbocycles. The first kappa shape index (κ1) is 27.0. The molecule has 10 nitrogen and oxygen atoms in total. The van der Waals surface area contributed by atoms with Crippen LogP contribution in [-0.2, 0) is 21.3 Å². The number of anilines is 1. The van der Waals surface area contributed by atoms with Gasteiger partial charge in [-0.05, 0) is 55.8 Å². The van der Waals surface area contributed by atoms with Crippen molar-refractivity contribution in [1.82, 2.24) is 14.8 Å². The van der Waals surface area contributed by atoms with Crippen molar-refractivity contribution in [2.24, 2.45) is 7.05 Å². The maximum Gasteiger partial charge on any atom is 0.337 e. The van der Waals surface area contributed by atoms with E-state index in [1.165, 1.54) is 44.2 Å². The highest BCUT2D eigenvalue weighted by Crippen LogP contribution is 2.27. The summed E-state index contributed by atoms with van der Waals surface area (Å²) in [7, 11) is 4.23. The Balaban J connectivity index is 1.66. The fourth-order valence-corrected chi connectivity index (χ4v) is 4.09. The zero-order valence-corrected chi connectivity index (χ0v) is 21.9. The van der Waals surface area contributed by atoms with Crippen LogP contribution in [0, 0.1) is 6.92 Å². The molecule has 12 heteroatoms. The fraction of sp³-hybridized carbons (Fsp3) is 0.292. The molecule has 1 amide bonds. The van der Waals surface area contributed by atoms with Crippen molar-refractivity contribution in [1.29, 1.82) is 0 Å². The second-order valence-electron chi connectivity index (χ2n) is 7.69. The second-order valence-corrected chi connectivity index (χ2v) is 9.04. The SMILES string of the molecule is COC(=O)c1cc(NC(=O)CSc2nnc(C(C)Oc3ccc(Cl)c(C)c3)n2C)cc(C(=O)OC)c1. The maximum absolute atomic E-state index is 12.6. The number of halogens is 1. The lowest BCUT2D eigenvalue weighted by atomic mass is 10.1. The first-order chi connectivity index (χ1) is 17.1. The number of carbonyl (C=O) groups excluding carboxylic acids is 3. The van der Waals surface area contributed by atoms with Crippen LogP contribution in [0.15, 0.2) is 41.6 Å². The average molecular weight is 533 g/mol. The molecule has 0 radical (unpaired) electrons. The predicted molar refractivity (Wildman–Crippen MR) is 135 cm³/mol. The lowest BCUT2D eigenvalue weighted by Gasteiger charge is -2.15. The van der Waals surface area contributed by atoms with Gasteiger partial charge in [-0.25, -0.2) is 9.59 Å². The van der Waals surface area contributed by atoms with E-state index in [1.807, 2.05) is 19.9 Å². The normalized spacial score (nSPS) is 11.5. The molecule has 190 valence electrons. The van der Waals surface area contributed by atoms with Gasteiger partial charge in [0.2, 0.25) is 5.91 Å². The Morgan fingerprint density at radius 1 is 1.06 bits per heavy atom. The summed E-state index contributed by atoms with van der Waals surface area (Å²) in [5.74, 6) is -0.429. The van der Waals surface area contributed by atoms with Gasteiger partial charge < -0.3 is 24.1 Å². The molecule has 0 saturated heterocycles. The largest absolute Gasteiger partial charge is 0.483 e. The third kappa shape index (κ3) is 6.55. The number of nitrogens with zero attached hydrogens (tertiary/aromatic N) is 3. The van der Waals surface area contributed by atoms with Crippen LogP contribution in [0.1, 0.15) is 45.1 Å². The van der Waals surface area contributed by atoms with E-state index in [2.05, 4.69) is 15.5 Å². The minimum absolute atomic E-state index is 0.00754. The summed E-state index contributed by atoms with van der Waals surface area (Å²) in [5, 5.41) is 12.2. The van der Waals surface area contributed by atoms with E-state index in [4.69, 9.17) is 25.8 Å². The van der Waals surface area contributed by atoms with Crippen LogP contribution in [0.3, 0.4) is 0 Å². The van der Waals surface area contributed by atoms with E-state index < -0.39 is 18.0 Å². The molecule has 1 N–H and O–H groups in total. The monoisotopic (exact) mass is 532 g/mol. The molecule has 1 atom stereocenters. The van der Waals surface area contributed by atoms with Crippen LogP contribution in [0.2, 0.25) is 5.02 Å². The third-order valence-electron chi connectivity index (χ3n) is 5.07. The minimum atomic E-state index is -0.651. The summed E-state index contributed by atoms with van der Waals surface area (Å²) in [6, 6.07) is 9.55. The Morgan fingerprint density at radius 2 is 1.69 bits per heavy atom. The lowest BCUT2D eigenvalue weighted by Crippen LogP contribution is -2.16. The average Bonchev–Trinajstić information content (AvgIpc) is 3.23. The van der Waals surface area contributed by atoms with E-state index >= 15 is 0 Å². The van der Waals surface area contributed by atoms with Crippen molar-refractivity contribution < 1.29 is 28.6 Å². The Bertz CT molecular complexity index is 1260. The van der Waals surface area contributed by atoms with Gasteiger partial charge in [-0.15, -0.1) is 10.2 Å². The Kier molecular flexibility index (Phi) is 8.94. The number of aryl methyl sites for hydroxylation is 1. The smallest absolute Gasteiger partial charge is 0.337 e. The van der Waals surface area contributed by atoms with Crippen LogP contribution in [0.4, 0.5) is 5.69 Å². The molecule has 0 saturated carbocycles. The molecule has 1 heterocycles. The van der Waals surface area contributed by atoms with Gasteiger partial charge in [-0.3, -0.25) is 4.79 Å². The zero-order valence-electron chi connectivity index (χ0n) is 20.3. The molecule has 1 unspecified atom stereocenters. The number of hydrogen-bond acceptors (Lipinski definition) is 9. The highest BCUT2D eigenvalue weighted by molar-refractivity contribution is 7.99. The Labute approximate surface area is 217 Å². The molecule has 0 bridgehead atoms. The summed E-state index contributed by atoms with van der Waals surface area (Å²) in [6.45, 7) is 3.74. The van der Waals surface area contributed by atoms with Crippen molar-refractivity contribution in [3.63, 3.8) is 0 Å². The van der Waals surface area contributed by atoms with Gasteiger partial charge in [0.1, 0.15) is 5.75 Å². The molecule has 3 rings (SSSR count). The summed E-state index contributed by atoms with van der Waals surface area (Å²) in [4.78, 5) is 36.5. The number of aromatic nitrogens is 3. The van der Waals surface area contributed by atoms with Gasteiger partial charge in [0.25, 0.3) is 0 Å². The van der Waals surface area contributed by atoms with Crippen LogP contribution >= 0.6 is 23.4 Å². The number of nitrogens with one attached hydrogen (secondary N) is 1. The van der Waals surface area contributed by atoms with Crippen molar-refractivity contribution in [3.8, 4) is 5.75 Å². The minimum Gasteiger partial charge on any atom is -0.483 e. The molecule has 0 aliphatic rings. The van der Waals surface area contributed by atoms with E-state index in [-0.39, 0.29) is 28.5 Å². The number of ether oxygens (including phenoxy) is 3. The van der Waals surface area contributed by atoms with Crippen molar-refractivity contribution in [3.05, 3.63) is 63.9 Å². The van der Waals surface area contributed by atoms with Crippen LogP contribution in [0.5, 0.6) is 5.75 Å². The molecule has 36 heavy (non-hydrogen) atoms. The van der Waals surface area contributed by atoms with Crippen LogP contribution in [0.25, 0.3) is 0 Å². The first-order valence-corrected chi connectivity index (χ1v) is 12.1. The Hall–Kier alpha value is -3.57. The molecule has 0 fully saturated rings. The summed E-state index contributed by atoms with van der Waals surface area (Å²) >= 11 is 7.25. The number of methoxy groups -OCH3 is 2. The quantitative estimate of drug-likeness (QED) is 0.319. The summed E-state index contributed by atoms with van der Waals surface area (Å²) in [6.07, 6.45) is -0.399. The molecule has 1 aromatic heterocycles. The highest BCUT2D eigenvalue weighted by Gasteiger charge is 2.19.